The fourth-order valence-corrected chi connectivity index (χ4v) is 3.20. The second-order valence-electron chi connectivity index (χ2n) is 5.08. The van der Waals surface area contributed by atoms with Crippen molar-refractivity contribution in [2.24, 2.45) is 4.99 Å². The van der Waals surface area contributed by atoms with Crippen LogP contribution in [0, 0.1) is 0 Å². The first-order valence-corrected chi connectivity index (χ1v) is 7.00. The highest BCUT2D eigenvalue weighted by atomic mass is 35.5. The highest BCUT2D eigenvalue weighted by molar-refractivity contribution is 6.32. The van der Waals surface area contributed by atoms with Crippen molar-refractivity contribution in [1.82, 2.24) is 9.55 Å². The van der Waals surface area contributed by atoms with Gasteiger partial charge in [0, 0.05) is 12.4 Å². The molecule has 102 valence electrons. The van der Waals surface area contributed by atoms with Crippen LogP contribution in [0.1, 0.15) is 31.2 Å². The summed E-state index contributed by atoms with van der Waals surface area (Å²) in [6.45, 7) is 0. The lowest BCUT2D eigenvalue weighted by atomic mass is 9.89. The van der Waals surface area contributed by atoms with Crippen molar-refractivity contribution in [3.63, 3.8) is 0 Å². The number of benzene rings is 1. The third-order valence-electron chi connectivity index (χ3n) is 3.96. The molecular formula is C15H14ClN3O. The summed E-state index contributed by atoms with van der Waals surface area (Å²) in [5.74, 6) is 0. The third-order valence-corrected chi connectivity index (χ3v) is 4.26. The zero-order valence-electron chi connectivity index (χ0n) is 10.9. The lowest BCUT2D eigenvalue weighted by molar-refractivity contribution is 0.456. The van der Waals surface area contributed by atoms with Crippen LogP contribution in [0.3, 0.4) is 0 Å². The highest BCUT2D eigenvalue weighted by Gasteiger charge is 2.35. The molecule has 2 aromatic rings. The Hall–Kier alpha value is -1.90. The number of halogens is 1. The number of hydrogen-bond donors (Lipinski definition) is 0. The Bertz CT molecular complexity index is 654. The van der Waals surface area contributed by atoms with Crippen LogP contribution >= 0.6 is 11.6 Å². The summed E-state index contributed by atoms with van der Waals surface area (Å²) >= 11 is 6.37. The fraction of sp³-hybridized carbons (Fsp3) is 0.333. The molecule has 5 heteroatoms. The van der Waals surface area contributed by atoms with Gasteiger partial charge in [0.2, 0.25) is 6.08 Å². The normalized spacial score (nSPS) is 16.9. The summed E-state index contributed by atoms with van der Waals surface area (Å²) in [5.41, 5.74) is 1.43. The molecule has 0 radical (unpaired) electrons. The van der Waals surface area contributed by atoms with Gasteiger partial charge in [0.15, 0.2) is 0 Å². The van der Waals surface area contributed by atoms with Gasteiger partial charge >= 0.3 is 0 Å². The van der Waals surface area contributed by atoms with Crippen molar-refractivity contribution < 1.29 is 4.79 Å². The molecule has 1 aliphatic rings. The number of isocyanates is 1. The second-order valence-corrected chi connectivity index (χ2v) is 5.49. The van der Waals surface area contributed by atoms with Crippen molar-refractivity contribution in [2.75, 3.05) is 0 Å². The average molecular weight is 288 g/mol. The number of rotatable bonds is 3. The number of carbonyl (C=O) groups excluding carboxylic acids is 1. The van der Waals surface area contributed by atoms with Gasteiger partial charge in [-0.2, -0.15) is 4.99 Å². The van der Waals surface area contributed by atoms with E-state index in [0.717, 1.165) is 36.9 Å². The molecule has 0 atom stereocenters. The number of aromatic nitrogens is 2. The van der Waals surface area contributed by atoms with Crippen LogP contribution in [0.2, 0.25) is 5.02 Å². The van der Waals surface area contributed by atoms with Crippen LogP contribution < -0.4 is 0 Å². The molecule has 0 spiro atoms. The van der Waals surface area contributed by atoms with Crippen molar-refractivity contribution in [3.8, 4) is 5.69 Å². The second kappa shape index (κ2) is 5.23. The molecule has 3 rings (SSSR count). The molecule has 1 aromatic heterocycles. The monoisotopic (exact) mass is 287 g/mol. The largest absolute Gasteiger partial charge is 0.305 e. The maximum Gasteiger partial charge on any atom is 0.235 e. The zero-order valence-corrected chi connectivity index (χ0v) is 11.7. The Balaban J connectivity index is 2.04. The molecule has 1 fully saturated rings. The Kier molecular flexibility index (Phi) is 3.43. The zero-order chi connectivity index (χ0) is 14.0. The van der Waals surface area contributed by atoms with E-state index in [9.17, 15) is 4.79 Å². The van der Waals surface area contributed by atoms with Crippen LogP contribution in [0.5, 0.6) is 0 Å². The Morgan fingerprint density at radius 2 is 2.15 bits per heavy atom. The summed E-state index contributed by atoms with van der Waals surface area (Å²) < 4.78 is 1.86. The third kappa shape index (κ3) is 2.17. The van der Waals surface area contributed by atoms with Gasteiger partial charge in [-0.25, -0.2) is 9.78 Å². The molecule has 0 N–H and O–H groups in total. The van der Waals surface area contributed by atoms with Crippen LogP contribution in [0.15, 0.2) is 41.9 Å². The minimum absolute atomic E-state index is 0.432. The van der Waals surface area contributed by atoms with Gasteiger partial charge in [0.05, 0.1) is 22.6 Å². The predicted molar refractivity (Wildman–Crippen MR) is 76.8 cm³/mol. The Morgan fingerprint density at radius 3 is 2.75 bits per heavy atom. The molecule has 0 saturated heterocycles. The van der Waals surface area contributed by atoms with E-state index in [4.69, 9.17) is 11.6 Å². The van der Waals surface area contributed by atoms with Crippen LogP contribution in [-0.4, -0.2) is 15.6 Å². The minimum atomic E-state index is -0.432. The summed E-state index contributed by atoms with van der Waals surface area (Å²) in [5, 5.41) is 0.632. The summed E-state index contributed by atoms with van der Waals surface area (Å²) in [6, 6.07) is 5.84. The quantitative estimate of drug-likeness (QED) is 0.639. The van der Waals surface area contributed by atoms with E-state index in [1.165, 1.54) is 0 Å². The van der Waals surface area contributed by atoms with Crippen molar-refractivity contribution >= 4 is 17.7 Å². The number of nitrogens with zero attached hydrogens (tertiary/aromatic N) is 3. The van der Waals surface area contributed by atoms with Gasteiger partial charge in [0.25, 0.3) is 0 Å². The number of aliphatic imine (C=N–C) groups is 1. The molecule has 0 amide bonds. The van der Waals surface area contributed by atoms with Gasteiger partial charge < -0.3 is 4.57 Å². The van der Waals surface area contributed by atoms with Crippen LogP contribution in [-0.2, 0) is 10.3 Å². The average Bonchev–Trinajstić information content (AvgIpc) is 3.10. The summed E-state index contributed by atoms with van der Waals surface area (Å²) in [4.78, 5) is 18.8. The SMILES string of the molecule is O=C=NC1(c2ccc(-n3ccnc3)c(Cl)c2)CCCC1. The van der Waals surface area contributed by atoms with Crippen LogP contribution in [0.4, 0.5) is 0 Å². The standard InChI is InChI=1S/C15H14ClN3O/c16-13-9-12(15(18-11-20)5-1-2-6-15)3-4-14(13)19-8-7-17-10-19/h3-4,7-10H,1-2,5-6H2. The predicted octanol–water partition coefficient (Wildman–Crippen LogP) is 3.63. The topological polar surface area (TPSA) is 47.2 Å². The molecule has 1 heterocycles. The van der Waals surface area contributed by atoms with Crippen molar-refractivity contribution in [3.05, 3.63) is 47.5 Å². The van der Waals surface area contributed by atoms with Crippen LogP contribution in [0.25, 0.3) is 5.69 Å². The van der Waals surface area contributed by atoms with Crippen molar-refractivity contribution in [1.29, 1.82) is 0 Å². The Labute approximate surface area is 122 Å². The van der Waals surface area contributed by atoms with E-state index in [-0.39, 0.29) is 0 Å². The summed E-state index contributed by atoms with van der Waals surface area (Å²) in [7, 11) is 0. The van der Waals surface area contributed by atoms with Gasteiger partial charge in [0.1, 0.15) is 0 Å². The molecule has 0 bridgehead atoms. The number of hydrogen-bond acceptors (Lipinski definition) is 3. The van der Waals surface area contributed by atoms with E-state index in [1.807, 2.05) is 29.0 Å². The lowest BCUT2D eigenvalue weighted by Crippen LogP contribution is -2.19. The van der Waals surface area contributed by atoms with Gasteiger partial charge in [-0.15, -0.1) is 0 Å². The number of imidazole rings is 1. The highest BCUT2D eigenvalue weighted by Crippen LogP contribution is 2.43. The first kappa shape index (κ1) is 13.1. The smallest absolute Gasteiger partial charge is 0.235 e. The van der Waals surface area contributed by atoms with E-state index >= 15 is 0 Å². The van der Waals surface area contributed by atoms with Gasteiger partial charge in [-0.3, -0.25) is 0 Å². The van der Waals surface area contributed by atoms with Gasteiger partial charge in [-0.1, -0.05) is 30.5 Å². The first-order valence-electron chi connectivity index (χ1n) is 6.63. The molecule has 1 aromatic carbocycles. The minimum Gasteiger partial charge on any atom is -0.305 e. The van der Waals surface area contributed by atoms with E-state index in [2.05, 4.69) is 9.98 Å². The van der Waals surface area contributed by atoms with E-state index in [1.54, 1.807) is 18.6 Å². The molecular weight excluding hydrogens is 274 g/mol. The van der Waals surface area contributed by atoms with E-state index in [0.29, 0.717) is 5.02 Å². The molecule has 0 unspecified atom stereocenters. The summed E-state index contributed by atoms with van der Waals surface area (Å²) in [6.07, 6.45) is 10.9. The maximum absolute atomic E-state index is 10.7. The Morgan fingerprint density at radius 1 is 1.35 bits per heavy atom. The molecule has 20 heavy (non-hydrogen) atoms. The molecule has 1 aliphatic carbocycles. The van der Waals surface area contributed by atoms with Crippen molar-refractivity contribution in [2.45, 2.75) is 31.2 Å². The first-order chi connectivity index (χ1) is 9.75. The van der Waals surface area contributed by atoms with E-state index < -0.39 is 5.54 Å². The molecule has 0 aliphatic heterocycles. The maximum atomic E-state index is 10.7. The molecule has 1 saturated carbocycles. The lowest BCUT2D eigenvalue weighted by Gasteiger charge is -2.23. The van der Waals surface area contributed by atoms with Gasteiger partial charge in [-0.05, 0) is 30.5 Å². The molecule has 4 nitrogen and oxygen atoms in total. The fourth-order valence-electron chi connectivity index (χ4n) is 2.92.